The van der Waals surface area contributed by atoms with Gasteiger partial charge in [-0.25, -0.2) is 17.6 Å². The monoisotopic (exact) mass is 1530 g/mol. The molecule has 1 amide bonds. The van der Waals surface area contributed by atoms with E-state index in [2.05, 4.69) is 54.6 Å². The number of aromatic nitrogens is 8. The fourth-order valence-corrected chi connectivity index (χ4v) is 13.4. The Morgan fingerprint density at radius 2 is 0.748 bits per heavy atom. The molecule has 0 radical (unpaired) electrons. The maximum atomic E-state index is 13.9. The van der Waals surface area contributed by atoms with Gasteiger partial charge in [-0.1, -0.05) is 11.6 Å². The van der Waals surface area contributed by atoms with E-state index in [1.165, 1.54) is 63.8 Å². The number of aliphatic hydroxyl groups excluding tert-OH is 1. The smallest absolute Gasteiger partial charge is 0.310 e. The highest BCUT2D eigenvalue weighted by Crippen LogP contribution is 2.37. The van der Waals surface area contributed by atoms with Gasteiger partial charge in [-0.2, -0.15) is 0 Å². The standard InChI is InChI=1S/C22H23FN4O3.C20H18FN3O3.C19H16FN3O3.C12H15NO3.C8H4ClFN2/c1-26(10-11-28)22(29)15-7-9-27(14-15)16-2-4-17(5-3-16)30-20-6-8-25-21-18(20)12-24-13-19(21)23;1-26-20(25)13-7-9-24(12-13)14-2-4-15(5-3-14)27-18-6-8-23-19-16(18)10-22-11-17(19)21;20-16-10-21-9-15-17(5-7-22-18(15)16)26-14-3-1-13(2-4-14)23-8-6-12(11-23)19(24)25;1-16-12(15)9-6-7-13(8-9)10-2-4-11(14)5-3-10;9-6-1-2-12-8-5(6)3-11-4-7(8)10/h2-6,8,12-13,15,28H,7,9-11,14H2,1H3;2-6,8,10-11,13H,7,9,12H2,1H3;1-5,7,9-10,12H,6,8,11H2,(H,24,25);2-5,9,14H,6-8H2,1H3;1-4H/t15-;13-;12-;9-;/m0000./s1. The summed E-state index contributed by atoms with van der Waals surface area (Å²) in [6.07, 6.45) is 19.6. The van der Waals surface area contributed by atoms with Crippen molar-refractivity contribution < 1.29 is 75.7 Å². The van der Waals surface area contributed by atoms with Crippen LogP contribution in [0.25, 0.3) is 43.6 Å². The normalized spacial score (nSPS) is 16.3. The Morgan fingerprint density at radius 1 is 0.441 bits per heavy atom. The number of rotatable bonds is 16. The molecule has 4 atom stereocenters. The highest BCUT2D eigenvalue weighted by atomic mass is 35.5. The average Bonchev–Trinajstić information content (AvgIpc) is 1.63. The molecule has 12 heterocycles. The van der Waals surface area contributed by atoms with Gasteiger partial charge in [-0.05, 0) is 147 Å². The zero-order valence-electron chi connectivity index (χ0n) is 60.4. The highest BCUT2D eigenvalue weighted by molar-refractivity contribution is 6.35. The fourth-order valence-electron chi connectivity index (χ4n) is 13.2. The second kappa shape index (κ2) is 36.5. The van der Waals surface area contributed by atoms with Crippen molar-refractivity contribution in [1.29, 1.82) is 0 Å². The molecule has 0 saturated carbocycles. The second-order valence-electron chi connectivity index (χ2n) is 26.2. The number of aliphatic carboxylic acids is 1. The number of hydrogen-bond donors (Lipinski definition) is 3. The van der Waals surface area contributed by atoms with E-state index in [0.29, 0.717) is 100 Å². The number of carboxylic acids is 1. The number of carbonyl (C=O) groups is 4. The van der Waals surface area contributed by atoms with Gasteiger partial charge in [-0.15, -0.1) is 0 Å². The van der Waals surface area contributed by atoms with Gasteiger partial charge in [0.2, 0.25) is 5.91 Å². The van der Waals surface area contributed by atoms with Crippen LogP contribution >= 0.6 is 11.6 Å². The molecule has 4 aromatic carbocycles. The minimum absolute atomic E-state index is 0.0289. The number of fused-ring (bicyclic) bond motifs is 4. The van der Waals surface area contributed by atoms with Crippen LogP contribution in [-0.4, -0.2) is 171 Å². The van der Waals surface area contributed by atoms with Gasteiger partial charge in [0, 0.05) is 144 Å². The molecule has 0 bridgehead atoms. The number of carbonyl (C=O) groups excluding carboxylic acids is 3. The predicted octanol–water partition coefficient (Wildman–Crippen LogP) is 13.7. The van der Waals surface area contributed by atoms with E-state index in [4.69, 9.17) is 45.5 Å². The van der Waals surface area contributed by atoms with Crippen LogP contribution in [-0.2, 0) is 28.7 Å². The maximum absolute atomic E-state index is 13.9. The van der Waals surface area contributed by atoms with Crippen LogP contribution in [0.3, 0.4) is 0 Å². The van der Waals surface area contributed by atoms with E-state index in [9.17, 15) is 41.8 Å². The lowest BCUT2D eigenvalue weighted by atomic mass is 10.1. The average molecular weight is 1540 g/mol. The van der Waals surface area contributed by atoms with E-state index < -0.39 is 29.2 Å². The number of benzene rings is 4. The molecule has 25 nitrogen and oxygen atoms in total. The SMILES string of the molecule is CN(CCO)C(=O)[C@H]1CCN(c2ccc(Oc3ccnc4c(F)cncc34)cc2)C1.COC(=O)[C@H]1CCN(c2ccc(O)cc2)C1.COC(=O)[C@H]1CCN(c2ccc(Oc3ccnc4c(F)cncc34)cc2)C1.Fc1cncc2c(Cl)ccnc12.O=C(O)[C@H]1CCN(c2ccc(Oc3ccnc4c(F)cncc34)cc2)C1. The van der Waals surface area contributed by atoms with Crippen molar-refractivity contribution in [3.63, 3.8) is 0 Å². The zero-order chi connectivity index (χ0) is 78.1. The number of halogens is 5. The topological polar surface area (TPSA) is 294 Å². The first-order valence-electron chi connectivity index (χ1n) is 35.4. The molecule has 4 saturated heterocycles. The lowest BCUT2D eigenvalue weighted by Gasteiger charge is -2.22. The van der Waals surface area contributed by atoms with Crippen LogP contribution in [0, 0.1) is 46.9 Å². The molecule has 4 aliphatic heterocycles. The van der Waals surface area contributed by atoms with Crippen molar-refractivity contribution >= 4 is 102 Å². The number of aliphatic hydroxyl groups is 1. The number of anilines is 4. The summed E-state index contributed by atoms with van der Waals surface area (Å²) in [5, 5.41) is 29.8. The number of methoxy groups -OCH3 is 2. The molecular weight excluding hydrogens is 1460 g/mol. The molecule has 8 aromatic heterocycles. The molecule has 16 rings (SSSR count). The number of aromatic hydroxyl groups is 1. The summed E-state index contributed by atoms with van der Waals surface area (Å²) in [6.45, 7) is 5.99. The number of ether oxygens (including phenoxy) is 5. The Labute approximate surface area is 639 Å². The number of amides is 1. The fraction of sp³-hybridized carbons (Fsp3) is 0.259. The molecule has 3 N–H and O–H groups in total. The van der Waals surface area contributed by atoms with Crippen LogP contribution in [0.5, 0.6) is 40.2 Å². The number of likely N-dealkylation sites (N-methyl/N-ethyl adjacent to an activating group) is 1. The molecule has 111 heavy (non-hydrogen) atoms. The Kier molecular flexibility index (Phi) is 25.6. The number of esters is 2. The summed E-state index contributed by atoms with van der Waals surface area (Å²) in [7, 11) is 4.56. The third-order valence-corrected chi connectivity index (χ3v) is 19.4. The van der Waals surface area contributed by atoms with Crippen molar-refractivity contribution in [3.05, 3.63) is 224 Å². The lowest BCUT2D eigenvalue weighted by molar-refractivity contribution is -0.145. The van der Waals surface area contributed by atoms with Gasteiger partial charge in [0.25, 0.3) is 0 Å². The first kappa shape index (κ1) is 78.0. The number of nitrogens with zero attached hydrogens (tertiary/aromatic N) is 13. The van der Waals surface area contributed by atoms with Gasteiger partial charge in [0.05, 0.1) is 90.5 Å². The van der Waals surface area contributed by atoms with Crippen LogP contribution < -0.4 is 33.8 Å². The molecule has 0 unspecified atom stereocenters. The maximum Gasteiger partial charge on any atom is 0.310 e. The Morgan fingerprint density at radius 3 is 1.08 bits per heavy atom. The molecule has 30 heteroatoms. The van der Waals surface area contributed by atoms with Gasteiger partial charge >= 0.3 is 17.9 Å². The van der Waals surface area contributed by atoms with Crippen LogP contribution in [0.15, 0.2) is 196 Å². The summed E-state index contributed by atoms with van der Waals surface area (Å²) < 4.78 is 81.7. The van der Waals surface area contributed by atoms with E-state index in [1.807, 2.05) is 89.8 Å². The molecule has 0 spiro atoms. The molecule has 572 valence electrons. The third-order valence-electron chi connectivity index (χ3n) is 19.1. The number of carboxylic acid groups (broad SMARTS) is 1. The number of hydrogen-bond acceptors (Lipinski definition) is 23. The molecule has 4 aliphatic rings. The molecule has 4 fully saturated rings. The third kappa shape index (κ3) is 19.3. The number of phenols is 1. The minimum atomic E-state index is -0.752. The van der Waals surface area contributed by atoms with Crippen LogP contribution in [0.1, 0.15) is 25.7 Å². The van der Waals surface area contributed by atoms with Gasteiger partial charge in [0.15, 0.2) is 23.3 Å². The molecule has 0 aliphatic carbocycles. The largest absolute Gasteiger partial charge is 0.508 e. The van der Waals surface area contributed by atoms with Gasteiger partial charge < -0.3 is 63.5 Å². The van der Waals surface area contributed by atoms with Gasteiger partial charge in [-0.3, -0.25) is 59.0 Å². The number of phenolic OH excluding ortho intramolecular Hbond substituents is 1. The van der Waals surface area contributed by atoms with E-state index in [1.54, 1.807) is 48.3 Å². The first-order valence-corrected chi connectivity index (χ1v) is 35.8. The summed E-state index contributed by atoms with van der Waals surface area (Å²) in [5.74, 6) is 0.135. The predicted molar refractivity (Wildman–Crippen MR) is 408 cm³/mol. The summed E-state index contributed by atoms with van der Waals surface area (Å²) >= 11 is 5.78. The van der Waals surface area contributed by atoms with Crippen LogP contribution in [0.4, 0.5) is 40.3 Å². The van der Waals surface area contributed by atoms with Crippen LogP contribution in [0.2, 0.25) is 5.02 Å². The second-order valence-corrected chi connectivity index (χ2v) is 26.6. The van der Waals surface area contributed by atoms with Crippen molar-refractivity contribution in [2.24, 2.45) is 23.7 Å². The lowest BCUT2D eigenvalue weighted by Crippen LogP contribution is -2.36. The van der Waals surface area contributed by atoms with E-state index in [-0.39, 0.29) is 75.9 Å². The molecular formula is C81H76ClF4N13O12. The Bertz CT molecular complexity index is 5210. The first-order chi connectivity index (χ1) is 53.8. The quantitative estimate of drug-likeness (QED) is 0.0598. The summed E-state index contributed by atoms with van der Waals surface area (Å²) in [6, 6.07) is 36.2. The Hall–Kier alpha value is -12.6. The van der Waals surface area contributed by atoms with E-state index >= 15 is 0 Å². The summed E-state index contributed by atoms with van der Waals surface area (Å²) in [4.78, 5) is 87.8. The van der Waals surface area contributed by atoms with E-state index in [0.717, 1.165) is 93.0 Å². The van der Waals surface area contributed by atoms with Crippen molar-refractivity contribution in [2.75, 3.05) is 106 Å². The zero-order valence-corrected chi connectivity index (χ0v) is 61.2. The summed E-state index contributed by atoms with van der Waals surface area (Å²) in [5.41, 5.74) is 4.93. The number of pyridine rings is 8. The highest BCUT2D eigenvalue weighted by Gasteiger charge is 2.33. The Balaban J connectivity index is 0.000000133. The van der Waals surface area contributed by atoms with Crippen molar-refractivity contribution in [2.45, 2.75) is 25.7 Å². The minimum Gasteiger partial charge on any atom is -0.508 e. The molecule has 12 aromatic rings. The van der Waals surface area contributed by atoms with Crippen molar-refractivity contribution in [3.8, 4) is 40.2 Å². The van der Waals surface area contributed by atoms with Crippen molar-refractivity contribution in [1.82, 2.24) is 44.8 Å². The van der Waals surface area contributed by atoms with Gasteiger partial charge in [0.1, 0.15) is 62.3 Å².